The summed E-state index contributed by atoms with van der Waals surface area (Å²) in [5, 5.41) is 15.5. The van der Waals surface area contributed by atoms with E-state index in [4.69, 9.17) is 0 Å². The monoisotopic (exact) mass is 251 g/mol. The molecule has 1 fully saturated rings. The quantitative estimate of drug-likeness (QED) is 0.870. The van der Waals surface area contributed by atoms with Gasteiger partial charge in [-0.25, -0.2) is 4.68 Å². The molecule has 0 aliphatic heterocycles. The maximum Gasteiger partial charge on any atom is 0.167 e. The molecule has 0 spiro atoms. The molecule has 1 heterocycles. The van der Waals surface area contributed by atoms with E-state index in [0.29, 0.717) is 16.7 Å². The second-order valence-corrected chi connectivity index (χ2v) is 6.49. The number of hydrogen-bond acceptors (Lipinski definition) is 4. The third-order valence-corrected chi connectivity index (χ3v) is 5.13. The first-order valence-corrected chi connectivity index (χ1v) is 6.81. The fraction of sp³-hybridized carbons (Fsp3) is 0.923. The Hall–Kier alpha value is -0.970. The average molecular weight is 251 g/mol. The lowest BCUT2D eigenvalue weighted by Crippen LogP contribution is -2.23. The Morgan fingerprint density at radius 3 is 2.39 bits per heavy atom. The molecule has 0 radical (unpaired) electrons. The zero-order valence-electron chi connectivity index (χ0n) is 12.4. The highest BCUT2D eigenvalue weighted by molar-refractivity contribution is 5.12. The summed E-state index contributed by atoms with van der Waals surface area (Å²) >= 11 is 0. The lowest BCUT2D eigenvalue weighted by atomic mass is 10.0. The molecule has 2 rings (SSSR count). The molecule has 102 valence electrons. The molecule has 1 N–H and O–H groups in total. The SMILES string of the molecule is CCNC(C)c1nnnn1CC1C(C)(C)C1(C)C. The summed E-state index contributed by atoms with van der Waals surface area (Å²) in [5.74, 6) is 1.58. The molecule has 0 amide bonds. The van der Waals surface area contributed by atoms with E-state index in [-0.39, 0.29) is 6.04 Å². The van der Waals surface area contributed by atoms with Gasteiger partial charge in [-0.15, -0.1) is 5.10 Å². The first-order chi connectivity index (χ1) is 8.32. The van der Waals surface area contributed by atoms with E-state index < -0.39 is 0 Å². The fourth-order valence-corrected chi connectivity index (χ4v) is 3.01. The van der Waals surface area contributed by atoms with Gasteiger partial charge in [-0.1, -0.05) is 34.6 Å². The third kappa shape index (κ3) is 1.94. The van der Waals surface area contributed by atoms with Crippen LogP contribution in [-0.2, 0) is 6.54 Å². The van der Waals surface area contributed by atoms with Crippen LogP contribution in [0.25, 0.3) is 0 Å². The van der Waals surface area contributed by atoms with E-state index in [2.05, 4.69) is 62.4 Å². The normalized spacial score (nSPS) is 23.0. The molecule has 0 aromatic carbocycles. The van der Waals surface area contributed by atoms with Gasteiger partial charge in [0.1, 0.15) is 0 Å². The van der Waals surface area contributed by atoms with E-state index in [0.717, 1.165) is 18.9 Å². The standard InChI is InChI=1S/C13H25N5/c1-7-14-9(2)11-15-16-17-18(11)8-10-12(3,4)13(10,5)6/h9-10,14H,7-8H2,1-6H3. The summed E-state index contributed by atoms with van der Waals surface area (Å²) in [7, 11) is 0. The number of nitrogens with one attached hydrogen (secondary N) is 1. The molecule has 0 bridgehead atoms. The summed E-state index contributed by atoms with van der Waals surface area (Å²) in [4.78, 5) is 0. The van der Waals surface area contributed by atoms with Crippen LogP contribution in [-0.4, -0.2) is 26.8 Å². The Morgan fingerprint density at radius 2 is 1.89 bits per heavy atom. The second-order valence-electron chi connectivity index (χ2n) is 6.49. The third-order valence-electron chi connectivity index (χ3n) is 5.13. The van der Waals surface area contributed by atoms with Crippen molar-refractivity contribution in [2.75, 3.05) is 6.54 Å². The zero-order valence-corrected chi connectivity index (χ0v) is 12.4. The van der Waals surface area contributed by atoms with Gasteiger partial charge in [-0.2, -0.15) is 0 Å². The number of hydrogen-bond donors (Lipinski definition) is 1. The van der Waals surface area contributed by atoms with Crippen LogP contribution < -0.4 is 5.32 Å². The van der Waals surface area contributed by atoms with Crippen LogP contribution in [0.1, 0.15) is 53.4 Å². The molecule has 18 heavy (non-hydrogen) atoms. The van der Waals surface area contributed by atoms with E-state index in [1.54, 1.807) is 0 Å². The highest BCUT2D eigenvalue weighted by atomic mass is 15.5. The summed E-state index contributed by atoms with van der Waals surface area (Å²) in [6, 6.07) is 0.204. The van der Waals surface area contributed by atoms with Crippen LogP contribution >= 0.6 is 0 Å². The molecule has 1 unspecified atom stereocenters. The van der Waals surface area contributed by atoms with Crippen LogP contribution in [0, 0.1) is 16.7 Å². The van der Waals surface area contributed by atoms with E-state index >= 15 is 0 Å². The highest BCUT2D eigenvalue weighted by Crippen LogP contribution is 2.68. The number of aromatic nitrogens is 4. The Labute approximate surface area is 109 Å². The van der Waals surface area contributed by atoms with Crippen molar-refractivity contribution in [2.24, 2.45) is 16.7 Å². The van der Waals surface area contributed by atoms with Gasteiger partial charge in [0.05, 0.1) is 6.04 Å². The maximum absolute atomic E-state index is 4.15. The summed E-state index contributed by atoms with van der Waals surface area (Å²) in [6.07, 6.45) is 0. The van der Waals surface area contributed by atoms with Gasteiger partial charge in [0.15, 0.2) is 5.82 Å². The molecular weight excluding hydrogens is 226 g/mol. The summed E-state index contributed by atoms with van der Waals surface area (Å²) in [6.45, 7) is 15.4. The molecule has 5 heteroatoms. The molecule has 1 aromatic rings. The van der Waals surface area contributed by atoms with Crippen LogP contribution in [0.2, 0.25) is 0 Å². The van der Waals surface area contributed by atoms with Gasteiger partial charge in [-0.05, 0) is 40.6 Å². The zero-order chi connectivity index (χ0) is 13.6. The second kappa shape index (κ2) is 4.30. The molecule has 0 saturated heterocycles. The van der Waals surface area contributed by atoms with Crippen LogP contribution in [0.5, 0.6) is 0 Å². The van der Waals surface area contributed by atoms with Gasteiger partial charge in [-0.3, -0.25) is 0 Å². The minimum absolute atomic E-state index is 0.204. The molecule has 5 nitrogen and oxygen atoms in total. The number of tetrazole rings is 1. The predicted molar refractivity (Wildman–Crippen MR) is 71.0 cm³/mol. The first kappa shape index (κ1) is 13.5. The highest BCUT2D eigenvalue weighted by Gasteiger charge is 2.64. The summed E-state index contributed by atoms with van der Waals surface area (Å²) in [5.41, 5.74) is 0.745. The molecule has 1 saturated carbocycles. The fourth-order valence-electron chi connectivity index (χ4n) is 3.01. The maximum atomic E-state index is 4.15. The Bertz CT molecular complexity index is 407. The van der Waals surface area contributed by atoms with Crippen molar-refractivity contribution in [3.8, 4) is 0 Å². The molecular formula is C13H25N5. The smallest absolute Gasteiger partial charge is 0.167 e. The van der Waals surface area contributed by atoms with Crippen LogP contribution in [0.3, 0.4) is 0 Å². The number of rotatable bonds is 5. The van der Waals surface area contributed by atoms with E-state index in [9.17, 15) is 0 Å². The van der Waals surface area contributed by atoms with Crippen molar-refractivity contribution in [3.63, 3.8) is 0 Å². The van der Waals surface area contributed by atoms with E-state index in [1.807, 2.05) is 4.68 Å². The van der Waals surface area contributed by atoms with Crippen molar-refractivity contribution < 1.29 is 0 Å². The largest absolute Gasteiger partial charge is 0.308 e. The van der Waals surface area contributed by atoms with Crippen molar-refractivity contribution in [1.29, 1.82) is 0 Å². The van der Waals surface area contributed by atoms with Crippen molar-refractivity contribution in [2.45, 2.75) is 54.1 Å². The van der Waals surface area contributed by atoms with Gasteiger partial charge in [0.2, 0.25) is 0 Å². The predicted octanol–water partition coefficient (Wildman–Crippen LogP) is 2.03. The minimum Gasteiger partial charge on any atom is -0.308 e. The van der Waals surface area contributed by atoms with E-state index in [1.165, 1.54) is 0 Å². The lowest BCUT2D eigenvalue weighted by Gasteiger charge is -2.12. The Kier molecular flexibility index (Phi) is 3.21. The minimum atomic E-state index is 0.204. The molecule has 1 aliphatic carbocycles. The summed E-state index contributed by atoms with van der Waals surface area (Å²) < 4.78 is 1.97. The topological polar surface area (TPSA) is 55.6 Å². The Morgan fingerprint density at radius 1 is 1.28 bits per heavy atom. The van der Waals surface area contributed by atoms with Gasteiger partial charge < -0.3 is 5.32 Å². The van der Waals surface area contributed by atoms with Gasteiger partial charge in [0, 0.05) is 6.54 Å². The first-order valence-electron chi connectivity index (χ1n) is 6.81. The van der Waals surface area contributed by atoms with Crippen LogP contribution in [0.15, 0.2) is 0 Å². The average Bonchev–Trinajstić information content (AvgIpc) is 2.68. The number of nitrogens with zero attached hydrogens (tertiary/aromatic N) is 4. The van der Waals surface area contributed by atoms with Crippen molar-refractivity contribution in [1.82, 2.24) is 25.5 Å². The van der Waals surface area contributed by atoms with Crippen molar-refractivity contribution >= 4 is 0 Å². The molecule has 1 aromatic heterocycles. The van der Waals surface area contributed by atoms with Gasteiger partial charge in [0.25, 0.3) is 0 Å². The van der Waals surface area contributed by atoms with Gasteiger partial charge >= 0.3 is 0 Å². The molecule has 1 atom stereocenters. The lowest BCUT2D eigenvalue weighted by molar-refractivity contribution is 0.430. The molecule has 1 aliphatic rings. The van der Waals surface area contributed by atoms with Crippen LogP contribution in [0.4, 0.5) is 0 Å². The Balaban J connectivity index is 2.10. The van der Waals surface area contributed by atoms with Crippen molar-refractivity contribution in [3.05, 3.63) is 5.82 Å².